The third kappa shape index (κ3) is 3.92. The molecule has 1 nitrogen and oxygen atoms in total. The Morgan fingerprint density at radius 2 is 1.67 bits per heavy atom. The molecule has 0 bridgehead atoms. The van der Waals surface area contributed by atoms with Gasteiger partial charge in [0.2, 0.25) is 0 Å². The van der Waals surface area contributed by atoms with E-state index >= 15 is 0 Å². The van der Waals surface area contributed by atoms with Crippen LogP contribution in [0.15, 0.2) is 53.4 Å². The topological polar surface area (TPSA) is 20.2 Å². The van der Waals surface area contributed by atoms with Crippen LogP contribution in [-0.4, -0.2) is 10.9 Å². The third-order valence-electron chi connectivity index (χ3n) is 2.44. The molecular weight excluding hydrogens is 287 g/mol. The van der Waals surface area contributed by atoms with Gasteiger partial charge in [-0.05, 0) is 35.9 Å². The van der Waals surface area contributed by atoms with Gasteiger partial charge in [0.05, 0.1) is 6.10 Å². The summed E-state index contributed by atoms with van der Waals surface area (Å²) < 4.78 is 0. The van der Waals surface area contributed by atoms with Crippen molar-refractivity contribution in [3.63, 3.8) is 0 Å². The van der Waals surface area contributed by atoms with Crippen LogP contribution in [0.25, 0.3) is 0 Å². The van der Waals surface area contributed by atoms with Gasteiger partial charge in [0, 0.05) is 20.7 Å². The lowest BCUT2D eigenvalue weighted by Gasteiger charge is -2.11. The summed E-state index contributed by atoms with van der Waals surface area (Å²) in [5, 5.41) is 11.4. The zero-order chi connectivity index (χ0) is 13.0. The van der Waals surface area contributed by atoms with Crippen molar-refractivity contribution >= 4 is 35.0 Å². The molecule has 0 heterocycles. The van der Waals surface area contributed by atoms with Gasteiger partial charge >= 0.3 is 0 Å². The van der Waals surface area contributed by atoms with E-state index in [4.69, 9.17) is 23.2 Å². The van der Waals surface area contributed by atoms with Gasteiger partial charge in [0.25, 0.3) is 0 Å². The van der Waals surface area contributed by atoms with Gasteiger partial charge in [0.1, 0.15) is 0 Å². The van der Waals surface area contributed by atoms with Crippen LogP contribution in [0.2, 0.25) is 10.0 Å². The maximum absolute atomic E-state index is 10.1. The molecule has 0 aliphatic heterocycles. The van der Waals surface area contributed by atoms with E-state index in [0.717, 1.165) is 10.5 Å². The molecule has 0 fully saturated rings. The van der Waals surface area contributed by atoms with E-state index in [-0.39, 0.29) is 0 Å². The van der Waals surface area contributed by atoms with E-state index in [9.17, 15) is 5.11 Å². The Kier molecular flexibility index (Phi) is 4.95. The van der Waals surface area contributed by atoms with E-state index in [1.807, 2.05) is 36.4 Å². The van der Waals surface area contributed by atoms with Crippen molar-refractivity contribution in [3.05, 3.63) is 64.1 Å². The van der Waals surface area contributed by atoms with E-state index in [1.54, 1.807) is 23.9 Å². The Morgan fingerprint density at radius 3 is 2.33 bits per heavy atom. The fraction of sp³-hybridized carbons (Fsp3) is 0.143. The molecule has 1 atom stereocenters. The Morgan fingerprint density at radius 1 is 1.00 bits per heavy atom. The summed E-state index contributed by atoms with van der Waals surface area (Å²) >= 11 is 13.4. The first kappa shape index (κ1) is 13.8. The van der Waals surface area contributed by atoms with Crippen LogP contribution in [0.5, 0.6) is 0 Å². The molecule has 2 rings (SSSR count). The molecular formula is C14H12Cl2OS. The van der Waals surface area contributed by atoms with Crippen LogP contribution in [0.4, 0.5) is 0 Å². The highest BCUT2D eigenvalue weighted by molar-refractivity contribution is 7.99. The molecule has 4 heteroatoms. The Balaban J connectivity index is 1.98. The van der Waals surface area contributed by atoms with Gasteiger partial charge in [0.15, 0.2) is 0 Å². The Bertz CT molecular complexity index is 531. The second kappa shape index (κ2) is 6.48. The van der Waals surface area contributed by atoms with Crippen molar-refractivity contribution in [3.8, 4) is 0 Å². The number of benzene rings is 2. The molecule has 2 aromatic rings. The van der Waals surface area contributed by atoms with Crippen molar-refractivity contribution in [2.24, 2.45) is 0 Å². The van der Waals surface area contributed by atoms with Crippen LogP contribution in [0.3, 0.4) is 0 Å². The Labute approximate surface area is 121 Å². The molecule has 1 unspecified atom stereocenters. The minimum absolute atomic E-state index is 0.535. The monoisotopic (exact) mass is 298 g/mol. The van der Waals surface area contributed by atoms with Gasteiger partial charge in [-0.2, -0.15) is 0 Å². The number of halogens is 2. The summed E-state index contributed by atoms with van der Waals surface area (Å²) in [7, 11) is 0. The summed E-state index contributed by atoms with van der Waals surface area (Å²) in [6.45, 7) is 0. The van der Waals surface area contributed by atoms with Crippen LogP contribution in [0, 0.1) is 0 Å². The molecule has 0 radical (unpaired) electrons. The minimum Gasteiger partial charge on any atom is -0.388 e. The van der Waals surface area contributed by atoms with Crippen LogP contribution in [0.1, 0.15) is 11.7 Å². The predicted molar refractivity (Wildman–Crippen MR) is 78.6 cm³/mol. The summed E-state index contributed by atoms with van der Waals surface area (Å²) in [5.41, 5.74) is 0.831. The van der Waals surface area contributed by atoms with Gasteiger partial charge in [-0.1, -0.05) is 41.4 Å². The maximum atomic E-state index is 10.1. The highest BCUT2D eigenvalue weighted by atomic mass is 35.5. The number of hydrogen-bond acceptors (Lipinski definition) is 2. The van der Waals surface area contributed by atoms with E-state index in [0.29, 0.717) is 15.8 Å². The first-order chi connectivity index (χ1) is 8.65. The molecule has 0 saturated carbocycles. The molecule has 94 valence electrons. The SMILES string of the molecule is OC(CSc1cccc(Cl)c1)c1cccc(Cl)c1. The zero-order valence-corrected chi connectivity index (χ0v) is 11.8. The van der Waals surface area contributed by atoms with Crippen molar-refractivity contribution in [1.82, 2.24) is 0 Å². The molecule has 0 saturated heterocycles. The van der Waals surface area contributed by atoms with Crippen molar-refractivity contribution in [2.75, 3.05) is 5.75 Å². The van der Waals surface area contributed by atoms with Crippen LogP contribution >= 0.6 is 35.0 Å². The van der Waals surface area contributed by atoms with Crippen LogP contribution < -0.4 is 0 Å². The predicted octanol–water partition coefficient (Wildman–Crippen LogP) is 4.82. The fourth-order valence-corrected chi connectivity index (χ4v) is 2.92. The first-order valence-electron chi connectivity index (χ1n) is 5.47. The molecule has 2 aromatic carbocycles. The summed E-state index contributed by atoms with van der Waals surface area (Å²) in [5.74, 6) is 0.570. The minimum atomic E-state index is -0.535. The van der Waals surface area contributed by atoms with Gasteiger partial charge in [-0.15, -0.1) is 11.8 Å². The van der Waals surface area contributed by atoms with Crippen LogP contribution in [-0.2, 0) is 0 Å². The van der Waals surface area contributed by atoms with Gasteiger partial charge < -0.3 is 5.11 Å². The number of aliphatic hydroxyl groups excluding tert-OH is 1. The molecule has 0 aliphatic carbocycles. The first-order valence-corrected chi connectivity index (χ1v) is 7.21. The Hall–Kier alpha value is -0.670. The lowest BCUT2D eigenvalue weighted by atomic mass is 10.1. The van der Waals surface area contributed by atoms with E-state index in [2.05, 4.69) is 0 Å². The average Bonchev–Trinajstić information content (AvgIpc) is 2.36. The van der Waals surface area contributed by atoms with E-state index < -0.39 is 6.10 Å². The van der Waals surface area contributed by atoms with Gasteiger partial charge in [-0.3, -0.25) is 0 Å². The summed E-state index contributed by atoms with van der Waals surface area (Å²) in [4.78, 5) is 1.04. The molecule has 18 heavy (non-hydrogen) atoms. The lowest BCUT2D eigenvalue weighted by molar-refractivity contribution is 0.204. The van der Waals surface area contributed by atoms with Crippen molar-refractivity contribution in [1.29, 1.82) is 0 Å². The zero-order valence-electron chi connectivity index (χ0n) is 9.51. The normalized spacial score (nSPS) is 12.4. The highest BCUT2D eigenvalue weighted by Crippen LogP contribution is 2.27. The number of thioether (sulfide) groups is 1. The summed E-state index contributed by atoms with van der Waals surface area (Å²) in [6.07, 6.45) is -0.535. The largest absolute Gasteiger partial charge is 0.388 e. The van der Waals surface area contributed by atoms with Gasteiger partial charge in [-0.25, -0.2) is 0 Å². The van der Waals surface area contributed by atoms with Crippen molar-refractivity contribution in [2.45, 2.75) is 11.0 Å². The quantitative estimate of drug-likeness (QED) is 0.817. The lowest BCUT2D eigenvalue weighted by Crippen LogP contribution is -2.00. The maximum Gasteiger partial charge on any atom is 0.0884 e. The fourth-order valence-electron chi connectivity index (χ4n) is 1.54. The van der Waals surface area contributed by atoms with Crippen molar-refractivity contribution < 1.29 is 5.11 Å². The standard InChI is InChI=1S/C14H12Cl2OS/c15-11-4-1-3-10(7-11)14(17)9-18-13-6-2-5-12(16)8-13/h1-8,14,17H,9H2. The third-order valence-corrected chi connectivity index (χ3v) is 3.98. The molecule has 0 spiro atoms. The summed E-state index contributed by atoms with van der Waals surface area (Å²) in [6, 6.07) is 14.9. The molecule has 1 N–H and O–H groups in total. The number of hydrogen-bond donors (Lipinski definition) is 1. The number of aliphatic hydroxyl groups is 1. The van der Waals surface area contributed by atoms with E-state index in [1.165, 1.54) is 0 Å². The second-order valence-electron chi connectivity index (χ2n) is 3.84. The average molecular weight is 299 g/mol. The highest BCUT2D eigenvalue weighted by Gasteiger charge is 2.08. The smallest absolute Gasteiger partial charge is 0.0884 e. The second-order valence-corrected chi connectivity index (χ2v) is 5.81. The molecule has 0 amide bonds. The molecule has 0 aliphatic rings. The molecule has 0 aromatic heterocycles. The number of rotatable bonds is 4.